The van der Waals surface area contributed by atoms with Crippen molar-refractivity contribution in [3.63, 3.8) is 0 Å². The number of benzene rings is 3. The summed E-state index contributed by atoms with van der Waals surface area (Å²) >= 11 is 11.1. The average molecular weight is 656 g/mol. The van der Waals surface area contributed by atoms with E-state index in [1.54, 1.807) is 31.4 Å². The molecule has 0 aliphatic carbocycles. The monoisotopic (exact) mass is 654 g/mol. The third kappa shape index (κ3) is 6.27. The van der Waals surface area contributed by atoms with Crippen molar-refractivity contribution in [2.45, 2.75) is 6.92 Å². The van der Waals surface area contributed by atoms with Gasteiger partial charge in [0.25, 0.3) is 5.91 Å². The Bertz CT molecular complexity index is 1610. The second-order valence-electron chi connectivity index (χ2n) is 8.52. The number of amides is 1. The number of fused-ring (bicyclic) bond motifs is 1. The van der Waals surface area contributed by atoms with Crippen LogP contribution in [0.2, 0.25) is 5.02 Å². The maximum atomic E-state index is 13.0. The lowest BCUT2D eigenvalue weighted by Crippen LogP contribution is -2.35. The highest BCUT2D eigenvalue weighted by Crippen LogP contribution is 2.39. The molecule has 210 valence electrons. The van der Waals surface area contributed by atoms with Gasteiger partial charge in [0.1, 0.15) is 18.3 Å². The largest absolute Gasteiger partial charge is 0.493 e. The third-order valence-electron chi connectivity index (χ3n) is 5.86. The first-order valence-electron chi connectivity index (χ1n) is 12.5. The molecule has 3 aromatic rings. The highest BCUT2D eigenvalue weighted by molar-refractivity contribution is 9.10. The van der Waals surface area contributed by atoms with E-state index in [4.69, 9.17) is 36.0 Å². The van der Waals surface area contributed by atoms with Crippen LogP contribution in [0, 0.1) is 5.41 Å². The van der Waals surface area contributed by atoms with Crippen LogP contribution in [0.1, 0.15) is 18.1 Å². The van der Waals surface area contributed by atoms with Gasteiger partial charge in [0.05, 0.1) is 28.8 Å². The average Bonchev–Trinajstić information content (AvgIpc) is 3.39. The summed E-state index contributed by atoms with van der Waals surface area (Å²) in [6.45, 7) is 2.79. The Labute approximate surface area is 254 Å². The molecule has 2 aliphatic heterocycles. The highest BCUT2D eigenvalue weighted by atomic mass is 79.9. The molecule has 1 N–H and O–H groups in total. The molecule has 0 atom stereocenters. The first-order chi connectivity index (χ1) is 19.9. The van der Waals surface area contributed by atoms with E-state index in [1.165, 1.54) is 16.8 Å². The summed E-state index contributed by atoms with van der Waals surface area (Å²) in [5.74, 6) is 1.60. The Kier molecular flexibility index (Phi) is 8.96. The number of halogens is 2. The van der Waals surface area contributed by atoms with Crippen LogP contribution >= 0.6 is 39.3 Å². The van der Waals surface area contributed by atoms with Gasteiger partial charge in [-0.15, -0.1) is 0 Å². The van der Waals surface area contributed by atoms with Crippen molar-refractivity contribution in [2.75, 3.05) is 26.9 Å². The number of carbonyl (C=O) groups is 1. The van der Waals surface area contributed by atoms with Gasteiger partial charge in [-0.1, -0.05) is 41.9 Å². The fraction of sp³-hybridized carbons (Fsp3) is 0.172. The number of aliphatic imine (C=N–C) groups is 1. The quantitative estimate of drug-likeness (QED) is 0.193. The molecule has 0 spiro atoms. The lowest BCUT2D eigenvalue weighted by atomic mass is 10.1. The molecule has 0 aromatic heterocycles. The summed E-state index contributed by atoms with van der Waals surface area (Å²) in [6, 6.07) is 18.2. The van der Waals surface area contributed by atoms with Gasteiger partial charge in [0, 0.05) is 5.56 Å². The second kappa shape index (κ2) is 12.8. The van der Waals surface area contributed by atoms with Crippen molar-refractivity contribution < 1.29 is 23.7 Å². The van der Waals surface area contributed by atoms with E-state index in [0.717, 1.165) is 0 Å². The van der Waals surface area contributed by atoms with Gasteiger partial charge in [0.15, 0.2) is 28.8 Å². The van der Waals surface area contributed by atoms with E-state index < -0.39 is 5.91 Å². The van der Waals surface area contributed by atoms with E-state index in [2.05, 4.69) is 26.0 Å². The Balaban J connectivity index is 1.34. The summed E-state index contributed by atoms with van der Waals surface area (Å²) in [4.78, 5) is 17.1. The minimum absolute atomic E-state index is 0.0857. The summed E-state index contributed by atoms with van der Waals surface area (Å²) in [5.41, 5.74) is 1.41. The van der Waals surface area contributed by atoms with Crippen LogP contribution in [0.3, 0.4) is 0 Å². The van der Waals surface area contributed by atoms with E-state index in [1.807, 2.05) is 49.4 Å². The van der Waals surface area contributed by atoms with Gasteiger partial charge < -0.3 is 18.9 Å². The van der Waals surface area contributed by atoms with Crippen LogP contribution in [-0.4, -0.2) is 53.9 Å². The van der Waals surface area contributed by atoms with Gasteiger partial charge >= 0.3 is 0 Å². The molecule has 41 heavy (non-hydrogen) atoms. The number of nitrogens with zero attached hydrogens (tertiary/aromatic N) is 3. The minimum Gasteiger partial charge on any atom is -0.493 e. The molecule has 12 heteroatoms. The van der Waals surface area contributed by atoms with Gasteiger partial charge in [0.2, 0.25) is 5.17 Å². The third-order valence-corrected chi connectivity index (χ3v) is 7.72. The van der Waals surface area contributed by atoms with E-state index in [-0.39, 0.29) is 24.6 Å². The van der Waals surface area contributed by atoms with Crippen LogP contribution in [0.4, 0.5) is 0 Å². The normalized spacial score (nSPS) is 15.4. The van der Waals surface area contributed by atoms with Crippen LogP contribution in [-0.2, 0) is 4.79 Å². The fourth-order valence-corrected chi connectivity index (χ4v) is 5.80. The van der Waals surface area contributed by atoms with Crippen LogP contribution < -0.4 is 18.9 Å². The minimum atomic E-state index is -0.535. The van der Waals surface area contributed by atoms with Gasteiger partial charge in [-0.3, -0.25) is 10.2 Å². The Morgan fingerprint density at radius 3 is 2.51 bits per heavy atom. The van der Waals surface area contributed by atoms with Crippen molar-refractivity contribution in [1.29, 1.82) is 5.41 Å². The zero-order valence-electron chi connectivity index (χ0n) is 22.0. The zero-order chi connectivity index (χ0) is 28.9. The number of rotatable bonds is 10. The summed E-state index contributed by atoms with van der Waals surface area (Å²) < 4.78 is 23.6. The lowest BCUT2D eigenvalue weighted by molar-refractivity contribution is -0.114. The summed E-state index contributed by atoms with van der Waals surface area (Å²) in [7, 11) is 1.59. The maximum Gasteiger partial charge on any atom is 0.283 e. The molecule has 3 aromatic carbocycles. The second-order valence-corrected chi connectivity index (χ2v) is 10.7. The molecule has 9 nitrogen and oxygen atoms in total. The maximum absolute atomic E-state index is 13.0. The van der Waals surface area contributed by atoms with Gasteiger partial charge in [-0.05, 0) is 76.6 Å². The molecular formula is C29H24BrClN4O5S. The van der Waals surface area contributed by atoms with Crippen molar-refractivity contribution in [3.05, 3.63) is 86.9 Å². The molecule has 5 rings (SSSR count). The van der Waals surface area contributed by atoms with Crippen molar-refractivity contribution in [1.82, 2.24) is 5.01 Å². The first kappa shape index (κ1) is 28.7. The molecule has 0 unspecified atom stereocenters. The van der Waals surface area contributed by atoms with Crippen LogP contribution in [0.15, 0.2) is 80.8 Å². The van der Waals surface area contributed by atoms with E-state index in [9.17, 15) is 4.79 Å². The predicted octanol–water partition coefficient (Wildman–Crippen LogP) is 6.64. The smallest absolute Gasteiger partial charge is 0.283 e. The number of ether oxygens (including phenoxy) is 4. The zero-order valence-corrected chi connectivity index (χ0v) is 25.2. The molecule has 0 saturated carbocycles. The lowest BCUT2D eigenvalue weighted by Gasteiger charge is -2.20. The van der Waals surface area contributed by atoms with Crippen molar-refractivity contribution >= 4 is 67.3 Å². The number of para-hydroxylation sites is 2. The summed E-state index contributed by atoms with van der Waals surface area (Å²) in [6.07, 6.45) is 1.58. The van der Waals surface area contributed by atoms with Crippen molar-refractivity contribution in [2.24, 2.45) is 10.1 Å². The number of hydrogen-bond donors (Lipinski definition) is 1. The molecule has 2 heterocycles. The molecule has 0 fully saturated rings. The SMILES string of the molecule is CCOc1cc(/C=C2/C(=N)N3N=C(c4ccccc4Cl)SC3=NC2=O)cc(Br)c1OCCOc1ccccc1OC. The molecule has 0 bridgehead atoms. The number of thioether (sulfide) groups is 1. The standard InChI is InChI=1S/C29H24BrClN4O5S/c1-3-38-24-16-17(15-20(30)25(24)40-13-12-39-23-11-7-6-10-22(23)37-2)14-19-26(32)35-29(33-27(19)36)41-28(34-35)18-8-4-5-9-21(18)31/h4-11,14-16,32H,3,12-13H2,1-2H3/b19-14-,32-26?. The number of hydrogen-bond acceptors (Lipinski definition) is 8. The Hall–Kier alpha value is -3.80. The number of nitrogens with one attached hydrogen (secondary N) is 1. The number of carbonyl (C=O) groups excluding carboxylic acids is 1. The Morgan fingerprint density at radius 1 is 1.02 bits per heavy atom. The van der Waals surface area contributed by atoms with E-state index in [0.29, 0.717) is 60.4 Å². The highest BCUT2D eigenvalue weighted by Gasteiger charge is 2.36. The molecule has 0 saturated heterocycles. The summed E-state index contributed by atoms with van der Waals surface area (Å²) in [5, 5.41) is 16.0. The predicted molar refractivity (Wildman–Crippen MR) is 165 cm³/mol. The molecular weight excluding hydrogens is 632 g/mol. The number of hydrazone groups is 1. The molecule has 1 amide bonds. The first-order valence-corrected chi connectivity index (χ1v) is 14.5. The number of methoxy groups -OCH3 is 1. The van der Waals surface area contributed by atoms with Crippen LogP contribution in [0.5, 0.6) is 23.0 Å². The molecule has 2 aliphatic rings. The van der Waals surface area contributed by atoms with Crippen molar-refractivity contribution in [3.8, 4) is 23.0 Å². The molecule has 0 radical (unpaired) electrons. The number of amidine groups is 2. The topological polar surface area (TPSA) is 106 Å². The van der Waals surface area contributed by atoms with Gasteiger partial charge in [-0.25, -0.2) is 0 Å². The van der Waals surface area contributed by atoms with E-state index >= 15 is 0 Å². The Morgan fingerprint density at radius 2 is 1.76 bits per heavy atom. The van der Waals surface area contributed by atoms with Crippen LogP contribution in [0.25, 0.3) is 6.08 Å². The fourth-order valence-electron chi connectivity index (χ4n) is 4.01. The van der Waals surface area contributed by atoms with Gasteiger partial charge in [-0.2, -0.15) is 15.1 Å².